The molecule has 1 aliphatic heterocycles. The van der Waals surface area contributed by atoms with E-state index in [0.29, 0.717) is 31.1 Å². The fourth-order valence-electron chi connectivity index (χ4n) is 6.66. The number of likely N-dealkylation sites (N-methyl/N-ethyl adjacent to an activating group) is 1. The highest BCUT2D eigenvalue weighted by molar-refractivity contribution is 6.07. The molecule has 6 rings (SSSR count). The lowest BCUT2D eigenvalue weighted by atomic mass is 9.96. The van der Waals surface area contributed by atoms with E-state index in [1.165, 1.54) is 29.0 Å². The number of pyridine rings is 1. The molecule has 4 aromatic rings. The predicted molar refractivity (Wildman–Crippen MR) is 184 cm³/mol. The van der Waals surface area contributed by atoms with Crippen molar-refractivity contribution >= 4 is 29.2 Å². The van der Waals surface area contributed by atoms with E-state index >= 15 is 0 Å². The van der Waals surface area contributed by atoms with Crippen LogP contribution < -0.4 is 15.8 Å². The lowest BCUT2D eigenvalue weighted by Gasteiger charge is -2.32. The number of aryl methyl sites for hydroxylation is 2. The van der Waals surface area contributed by atoms with Gasteiger partial charge in [-0.25, -0.2) is 4.79 Å². The van der Waals surface area contributed by atoms with Crippen molar-refractivity contribution in [2.45, 2.75) is 78.5 Å². The third-order valence-corrected chi connectivity index (χ3v) is 8.98. The summed E-state index contributed by atoms with van der Waals surface area (Å²) in [5.41, 5.74) is 6.94. The summed E-state index contributed by atoms with van der Waals surface area (Å²) in [4.78, 5) is 42.9. The Kier molecular flexibility index (Phi) is 8.74. The molecular weight excluding hydrogens is 594 g/mol. The SMILES string of the molecule is CCc1c(-c2cc(Nc3ccn(CCN(C)C(=O)OC(C)(C)C)n3)c(=O)n(C)c2)cccc1N1CCn2c(cc3c2CCCC3)C1=O. The minimum Gasteiger partial charge on any atom is -0.444 e. The van der Waals surface area contributed by atoms with E-state index in [9.17, 15) is 14.4 Å². The number of carbonyl (C=O) groups is 2. The van der Waals surface area contributed by atoms with Gasteiger partial charge in [-0.2, -0.15) is 5.10 Å². The zero-order valence-electron chi connectivity index (χ0n) is 28.3. The number of amides is 2. The first-order valence-corrected chi connectivity index (χ1v) is 16.5. The van der Waals surface area contributed by atoms with E-state index < -0.39 is 11.7 Å². The van der Waals surface area contributed by atoms with Crippen LogP contribution in [0.2, 0.25) is 0 Å². The van der Waals surface area contributed by atoms with Gasteiger partial charge in [0.05, 0.1) is 6.54 Å². The van der Waals surface area contributed by atoms with Crippen LogP contribution in [-0.2, 0) is 44.1 Å². The first-order valence-electron chi connectivity index (χ1n) is 16.5. The molecule has 0 radical (unpaired) electrons. The molecule has 1 aromatic carbocycles. The Morgan fingerprint density at radius 3 is 2.64 bits per heavy atom. The van der Waals surface area contributed by atoms with Gasteiger partial charge in [0.1, 0.15) is 17.0 Å². The Labute approximate surface area is 275 Å². The summed E-state index contributed by atoms with van der Waals surface area (Å²) < 4.78 is 11.0. The lowest BCUT2D eigenvalue weighted by Crippen LogP contribution is -2.41. The van der Waals surface area contributed by atoms with Gasteiger partial charge in [-0.15, -0.1) is 0 Å². The zero-order chi connectivity index (χ0) is 33.5. The van der Waals surface area contributed by atoms with Crippen molar-refractivity contribution in [1.82, 2.24) is 23.8 Å². The molecule has 11 heteroatoms. The molecule has 0 atom stereocenters. The number of anilines is 3. The Morgan fingerprint density at radius 1 is 1.09 bits per heavy atom. The van der Waals surface area contributed by atoms with Crippen molar-refractivity contribution in [2.24, 2.45) is 7.05 Å². The number of fused-ring (bicyclic) bond motifs is 3. The number of hydrogen-bond donors (Lipinski definition) is 1. The number of benzene rings is 1. The number of carbonyl (C=O) groups excluding carboxylic acids is 2. The van der Waals surface area contributed by atoms with Crippen LogP contribution in [-0.4, -0.2) is 61.6 Å². The average Bonchev–Trinajstić information content (AvgIpc) is 3.65. The van der Waals surface area contributed by atoms with Gasteiger partial charge in [0.15, 0.2) is 5.82 Å². The summed E-state index contributed by atoms with van der Waals surface area (Å²) in [6.45, 7) is 9.91. The highest BCUT2D eigenvalue weighted by Crippen LogP contribution is 2.36. The fraction of sp³-hybridized carbons (Fsp3) is 0.444. The van der Waals surface area contributed by atoms with Gasteiger partial charge in [0.25, 0.3) is 11.5 Å². The minimum atomic E-state index is -0.564. The van der Waals surface area contributed by atoms with Crippen molar-refractivity contribution in [3.63, 3.8) is 0 Å². The average molecular weight is 640 g/mol. The van der Waals surface area contributed by atoms with Crippen molar-refractivity contribution in [3.05, 3.63) is 81.7 Å². The van der Waals surface area contributed by atoms with Crippen LogP contribution in [0.1, 0.15) is 67.8 Å². The van der Waals surface area contributed by atoms with Gasteiger partial charge in [-0.05, 0) is 87.8 Å². The topological polar surface area (TPSA) is 107 Å². The highest BCUT2D eigenvalue weighted by atomic mass is 16.6. The first-order chi connectivity index (χ1) is 22.4. The normalized spacial score (nSPS) is 14.5. The second-order valence-electron chi connectivity index (χ2n) is 13.5. The van der Waals surface area contributed by atoms with Crippen LogP contribution in [0.15, 0.2) is 53.6 Å². The van der Waals surface area contributed by atoms with Crippen molar-refractivity contribution in [3.8, 4) is 11.1 Å². The van der Waals surface area contributed by atoms with Gasteiger partial charge < -0.3 is 29.0 Å². The summed E-state index contributed by atoms with van der Waals surface area (Å²) >= 11 is 0. The Bertz CT molecular complexity index is 1880. The molecule has 0 bridgehead atoms. The third-order valence-electron chi connectivity index (χ3n) is 8.98. The molecule has 248 valence electrons. The molecule has 0 spiro atoms. The van der Waals surface area contributed by atoms with Crippen LogP contribution in [0.3, 0.4) is 0 Å². The van der Waals surface area contributed by atoms with Gasteiger partial charge in [0, 0.05) is 69.1 Å². The molecule has 4 heterocycles. The maximum atomic E-state index is 13.9. The molecule has 3 aromatic heterocycles. The first kappa shape index (κ1) is 32.2. The van der Waals surface area contributed by atoms with E-state index in [-0.39, 0.29) is 11.5 Å². The molecule has 1 aliphatic carbocycles. The number of nitrogens with one attached hydrogen (secondary N) is 1. The third kappa shape index (κ3) is 6.57. The summed E-state index contributed by atoms with van der Waals surface area (Å²) in [6.07, 6.45) is 8.44. The van der Waals surface area contributed by atoms with E-state index in [0.717, 1.165) is 53.9 Å². The Balaban J connectivity index is 1.23. The number of ether oxygens (including phenoxy) is 1. The van der Waals surface area contributed by atoms with Crippen LogP contribution in [0.5, 0.6) is 0 Å². The molecule has 11 nitrogen and oxygen atoms in total. The van der Waals surface area contributed by atoms with Crippen LogP contribution in [0.4, 0.5) is 22.0 Å². The molecular formula is C36H45N7O4. The van der Waals surface area contributed by atoms with Crippen LogP contribution in [0, 0.1) is 0 Å². The summed E-state index contributed by atoms with van der Waals surface area (Å²) in [5.74, 6) is 0.571. The highest BCUT2D eigenvalue weighted by Gasteiger charge is 2.31. The van der Waals surface area contributed by atoms with Crippen LogP contribution in [0.25, 0.3) is 11.1 Å². The summed E-state index contributed by atoms with van der Waals surface area (Å²) in [5, 5.41) is 7.78. The van der Waals surface area contributed by atoms with Gasteiger partial charge in [-0.1, -0.05) is 19.1 Å². The molecule has 47 heavy (non-hydrogen) atoms. The smallest absolute Gasteiger partial charge is 0.410 e. The Hall–Kier alpha value is -4.80. The van der Waals surface area contributed by atoms with Crippen molar-refractivity contribution in [2.75, 3.05) is 30.4 Å². The molecule has 2 aliphatic rings. The number of rotatable bonds is 8. The molecule has 0 saturated heterocycles. The molecule has 2 amide bonds. The van der Waals surface area contributed by atoms with Crippen molar-refractivity contribution < 1.29 is 14.3 Å². The number of hydrogen-bond acceptors (Lipinski definition) is 6. The van der Waals surface area contributed by atoms with E-state index in [2.05, 4.69) is 34.0 Å². The fourth-order valence-corrected chi connectivity index (χ4v) is 6.66. The second-order valence-corrected chi connectivity index (χ2v) is 13.5. The maximum Gasteiger partial charge on any atom is 0.410 e. The number of nitrogens with zero attached hydrogens (tertiary/aromatic N) is 6. The van der Waals surface area contributed by atoms with Gasteiger partial charge in [-0.3, -0.25) is 14.3 Å². The molecule has 0 fully saturated rings. The lowest BCUT2D eigenvalue weighted by molar-refractivity contribution is 0.0292. The van der Waals surface area contributed by atoms with E-state index in [1.807, 2.05) is 50.1 Å². The largest absolute Gasteiger partial charge is 0.444 e. The second kappa shape index (κ2) is 12.8. The van der Waals surface area contributed by atoms with Gasteiger partial charge >= 0.3 is 6.09 Å². The van der Waals surface area contributed by atoms with Gasteiger partial charge in [0.2, 0.25) is 0 Å². The summed E-state index contributed by atoms with van der Waals surface area (Å²) in [6, 6.07) is 11.8. The quantitative estimate of drug-likeness (QED) is 0.263. The predicted octanol–water partition coefficient (Wildman–Crippen LogP) is 5.76. The van der Waals surface area contributed by atoms with Crippen LogP contribution >= 0.6 is 0 Å². The number of aromatic nitrogens is 4. The zero-order valence-corrected chi connectivity index (χ0v) is 28.3. The maximum absolute atomic E-state index is 13.9. The Morgan fingerprint density at radius 2 is 1.87 bits per heavy atom. The monoisotopic (exact) mass is 639 g/mol. The van der Waals surface area contributed by atoms with Crippen molar-refractivity contribution in [1.29, 1.82) is 0 Å². The van der Waals surface area contributed by atoms with E-state index in [4.69, 9.17) is 4.74 Å². The summed E-state index contributed by atoms with van der Waals surface area (Å²) in [7, 11) is 3.43. The molecule has 1 N–H and O–H groups in total. The minimum absolute atomic E-state index is 0.0493. The molecule has 0 unspecified atom stereocenters. The van der Waals surface area contributed by atoms with E-state index in [1.54, 1.807) is 35.6 Å². The molecule has 0 saturated carbocycles. The standard InChI is InChI=1S/C36H45N7O4/c1-7-26-27(12-10-14-30(26)43-20-19-42-29-13-9-8-11-24(29)22-31(42)34(43)45)25-21-28(33(44)40(6)23-25)37-32-15-16-41(38-32)18-17-39(5)35(46)47-36(2,3)4/h10,12,14-16,21-23H,7-9,11,13,17-20H2,1-6H3,(H,37,38).